The van der Waals surface area contributed by atoms with Gasteiger partial charge in [-0.2, -0.15) is 5.10 Å². The maximum Gasteiger partial charge on any atom is 0.306 e. The highest BCUT2D eigenvalue weighted by Crippen LogP contribution is 2.34. The van der Waals surface area contributed by atoms with Crippen LogP contribution in [0, 0.1) is 0 Å². The first kappa shape index (κ1) is 25.8. The van der Waals surface area contributed by atoms with Crippen LogP contribution < -0.4 is 0 Å². The molecule has 0 saturated carbocycles. The molecule has 0 aliphatic carbocycles. The van der Waals surface area contributed by atoms with Gasteiger partial charge in [-0.25, -0.2) is 4.52 Å². The van der Waals surface area contributed by atoms with Crippen molar-refractivity contribution in [2.75, 3.05) is 45.9 Å². The van der Waals surface area contributed by atoms with Gasteiger partial charge in [-0.3, -0.25) is 19.6 Å². The molecule has 0 aromatic carbocycles. The number of carbonyl (C=O) groups excluding carboxylic acids is 1. The maximum atomic E-state index is 12.3. The Kier molecular flexibility index (Phi) is 8.89. The number of piperazine rings is 1. The summed E-state index contributed by atoms with van der Waals surface area (Å²) >= 11 is 3.58. The van der Waals surface area contributed by atoms with Crippen LogP contribution >= 0.6 is 15.9 Å². The average Bonchev–Trinajstić information content (AvgIpc) is 3.26. The molecule has 4 heterocycles. The summed E-state index contributed by atoms with van der Waals surface area (Å²) in [5.74, 6) is -0.195. The molecule has 4 rings (SSSR count). The van der Waals surface area contributed by atoms with E-state index < -0.39 is 0 Å². The van der Waals surface area contributed by atoms with Gasteiger partial charge in [0, 0.05) is 79.4 Å². The number of aliphatic hydroxyl groups excluding tert-OH is 1. The Bertz CT molecular complexity index is 1160. The monoisotopic (exact) mass is 543 g/mol. The lowest BCUT2D eigenvalue weighted by atomic mass is 9.95. The van der Waals surface area contributed by atoms with Crippen molar-refractivity contribution in [3.8, 4) is 11.1 Å². The van der Waals surface area contributed by atoms with Gasteiger partial charge in [-0.05, 0) is 59.5 Å². The van der Waals surface area contributed by atoms with Crippen LogP contribution in [0.15, 0.2) is 35.1 Å². The second-order valence-corrected chi connectivity index (χ2v) is 9.73. The van der Waals surface area contributed by atoms with Crippen LogP contribution in [0.25, 0.3) is 16.6 Å². The summed E-state index contributed by atoms with van der Waals surface area (Å²) in [4.78, 5) is 21.5. The zero-order valence-corrected chi connectivity index (χ0v) is 22.1. The van der Waals surface area contributed by atoms with Gasteiger partial charge < -0.3 is 9.84 Å². The quantitative estimate of drug-likeness (QED) is 0.392. The first-order valence-corrected chi connectivity index (χ1v) is 13.2. The predicted molar refractivity (Wildman–Crippen MR) is 139 cm³/mol. The fourth-order valence-electron chi connectivity index (χ4n) is 4.78. The van der Waals surface area contributed by atoms with Gasteiger partial charge in [0.2, 0.25) is 0 Å². The van der Waals surface area contributed by atoms with E-state index in [1.165, 1.54) is 0 Å². The Morgan fingerprint density at radius 2 is 1.91 bits per heavy atom. The van der Waals surface area contributed by atoms with E-state index >= 15 is 0 Å². The van der Waals surface area contributed by atoms with Crippen LogP contribution in [0.5, 0.6) is 0 Å². The van der Waals surface area contributed by atoms with Crippen molar-refractivity contribution in [3.05, 3.63) is 52.0 Å². The van der Waals surface area contributed by atoms with Crippen molar-refractivity contribution in [1.29, 1.82) is 0 Å². The molecule has 3 aromatic heterocycles. The van der Waals surface area contributed by atoms with E-state index in [0.717, 1.165) is 70.7 Å². The van der Waals surface area contributed by atoms with E-state index in [4.69, 9.17) is 9.84 Å². The van der Waals surface area contributed by atoms with Crippen molar-refractivity contribution in [2.45, 2.75) is 39.7 Å². The van der Waals surface area contributed by atoms with Crippen molar-refractivity contribution < 1.29 is 14.6 Å². The van der Waals surface area contributed by atoms with Crippen molar-refractivity contribution >= 4 is 27.4 Å². The standard InChI is InChI=1S/C26H34BrN5O3/c1-3-21-5-7-24-26(19-15-20(27)17-28-16-19)22(6-8-25(34)35-4-2)23(29-32(21)24)18-31-11-9-30(10-12-31)13-14-33/h5,7,15-17,33H,3-4,6,8-14,18H2,1-2H3. The smallest absolute Gasteiger partial charge is 0.306 e. The third kappa shape index (κ3) is 6.09. The molecule has 0 amide bonds. The fraction of sp³-hybridized carbons (Fsp3) is 0.500. The topological polar surface area (TPSA) is 83.2 Å². The first-order chi connectivity index (χ1) is 17.0. The van der Waals surface area contributed by atoms with Gasteiger partial charge in [0.05, 0.1) is 24.4 Å². The van der Waals surface area contributed by atoms with Crippen LogP contribution in [0.2, 0.25) is 0 Å². The average molecular weight is 544 g/mol. The molecule has 1 N–H and O–H groups in total. The molecule has 1 fully saturated rings. The number of pyridine rings is 1. The molecule has 1 saturated heterocycles. The summed E-state index contributed by atoms with van der Waals surface area (Å²) in [7, 11) is 0. The lowest BCUT2D eigenvalue weighted by Crippen LogP contribution is -2.46. The number of fused-ring (bicyclic) bond motifs is 1. The Balaban J connectivity index is 1.78. The first-order valence-electron chi connectivity index (χ1n) is 12.4. The SMILES string of the molecule is CCOC(=O)CCc1c(CN2CCN(CCO)CC2)nn2c(CC)ccc2c1-c1cncc(Br)c1. The van der Waals surface area contributed by atoms with Gasteiger partial charge in [0.25, 0.3) is 0 Å². The van der Waals surface area contributed by atoms with Gasteiger partial charge in [-0.1, -0.05) is 6.92 Å². The highest BCUT2D eigenvalue weighted by Gasteiger charge is 2.23. The number of hydrogen-bond acceptors (Lipinski definition) is 7. The van der Waals surface area contributed by atoms with Crippen LogP contribution in [0.1, 0.15) is 37.2 Å². The highest BCUT2D eigenvalue weighted by atomic mass is 79.9. The van der Waals surface area contributed by atoms with E-state index in [1.54, 1.807) is 6.20 Å². The van der Waals surface area contributed by atoms with E-state index in [1.807, 2.05) is 13.1 Å². The van der Waals surface area contributed by atoms with Gasteiger partial charge >= 0.3 is 5.97 Å². The Labute approximate surface area is 215 Å². The van der Waals surface area contributed by atoms with Gasteiger partial charge in [0.15, 0.2) is 0 Å². The van der Waals surface area contributed by atoms with Crippen LogP contribution in [-0.4, -0.2) is 81.4 Å². The number of nitrogens with zero attached hydrogens (tertiary/aromatic N) is 5. The normalized spacial score (nSPS) is 15.1. The number of aryl methyl sites for hydroxylation is 1. The Morgan fingerprint density at radius 3 is 2.60 bits per heavy atom. The predicted octanol–water partition coefficient (Wildman–Crippen LogP) is 3.33. The molecule has 1 aliphatic heterocycles. The molecule has 0 unspecified atom stereocenters. The third-order valence-corrected chi connectivity index (χ3v) is 6.99. The molecular formula is C26H34BrN5O3. The molecule has 0 spiro atoms. The molecule has 8 nitrogen and oxygen atoms in total. The molecule has 1 aliphatic rings. The number of hydrogen-bond donors (Lipinski definition) is 1. The Morgan fingerprint density at radius 1 is 1.14 bits per heavy atom. The molecule has 0 atom stereocenters. The molecule has 0 bridgehead atoms. The number of rotatable bonds is 10. The third-order valence-electron chi connectivity index (χ3n) is 6.56. The van der Waals surface area contributed by atoms with Gasteiger partial charge in [-0.15, -0.1) is 0 Å². The summed E-state index contributed by atoms with van der Waals surface area (Å²) in [6, 6.07) is 6.32. The summed E-state index contributed by atoms with van der Waals surface area (Å²) in [6.07, 6.45) is 5.39. The maximum absolute atomic E-state index is 12.3. The molecule has 35 heavy (non-hydrogen) atoms. The van der Waals surface area contributed by atoms with E-state index in [-0.39, 0.29) is 12.6 Å². The number of halogens is 1. The van der Waals surface area contributed by atoms with Gasteiger partial charge in [0.1, 0.15) is 0 Å². The molecule has 0 radical (unpaired) electrons. The molecule has 3 aromatic rings. The minimum atomic E-state index is -0.195. The zero-order valence-electron chi connectivity index (χ0n) is 20.5. The summed E-state index contributed by atoms with van der Waals surface area (Å²) < 4.78 is 8.21. The van der Waals surface area contributed by atoms with Crippen molar-refractivity contribution in [3.63, 3.8) is 0 Å². The number of esters is 1. The minimum Gasteiger partial charge on any atom is -0.466 e. The molecule has 9 heteroatoms. The number of aromatic nitrogens is 3. The van der Waals surface area contributed by atoms with E-state index in [0.29, 0.717) is 32.5 Å². The number of ether oxygens (including phenoxy) is 1. The minimum absolute atomic E-state index is 0.188. The lowest BCUT2D eigenvalue weighted by Gasteiger charge is -2.34. The van der Waals surface area contributed by atoms with Crippen LogP contribution in [0.3, 0.4) is 0 Å². The fourth-order valence-corrected chi connectivity index (χ4v) is 5.14. The number of carbonyl (C=O) groups is 1. The second-order valence-electron chi connectivity index (χ2n) is 8.81. The largest absolute Gasteiger partial charge is 0.466 e. The zero-order chi connectivity index (χ0) is 24.8. The van der Waals surface area contributed by atoms with E-state index in [2.05, 4.69) is 60.4 Å². The number of β-amino-alcohol motifs (C(OH)–C–C–N with tert-alkyl or cyclic N) is 1. The summed E-state index contributed by atoms with van der Waals surface area (Å²) in [5.41, 5.74) is 6.31. The second kappa shape index (κ2) is 12.1. The lowest BCUT2D eigenvalue weighted by molar-refractivity contribution is -0.143. The van der Waals surface area contributed by atoms with Crippen LogP contribution in [0.4, 0.5) is 0 Å². The Hall–Kier alpha value is -2.33. The van der Waals surface area contributed by atoms with E-state index in [9.17, 15) is 9.90 Å². The molecular weight excluding hydrogens is 510 g/mol. The highest BCUT2D eigenvalue weighted by molar-refractivity contribution is 9.10. The summed E-state index contributed by atoms with van der Waals surface area (Å²) in [5, 5.41) is 14.4. The van der Waals surface area contributed by atoms with Crippen molar-refractivity contribution in [1.82, 2.24) is 24.4 Å². The van der Waals surface area contributed by atoms with Crippen molar-refractivity contribution in [2.24, 2.45) is 0 Å². The molecule has 188 valence electrons. The number of aliphatic hydroxyl groups is 1. The summed E-state index contributed by atoms with van der Waals surface area (Å²) in [6.45, 7) is 9.63. The van der Waals surface area contributed by atoms with Crippen LogP contribution in [-0.2, 0) is 28.9 Å².